The topological polar surface area (TPSA) is 46.5 Å². The number of hydrogen-bond acceptors (Lipinski definition) is 3. The van der Waals surface area contributed by atoms with E-state index in [0.717, 1.165) is 28.9 Å². The van der Waals surface area contributed by atoms with Crippen molar-refractivity contribution < 1.29 is 9.53 Å². The summed E-state index contributed by atoms with van der Waals surface area (Å²) in [5.41, 5.74) is 4.44. The third-order valence-electron chi connectivity index (χ3n) is 5.46. The monoisotopic (exact) mass is 421 g/mol. The first kappa shape index (κ1) is 20.6. The van der Waals surface area contributed by atoms with Crippen LogP contribution in [0.3, 0.4) is 0 Å². The first-order valence-electron chi connectivity index (χ1n) is 10.2. The summed E-state index contributed by atoms with van der Waals surface area (Å²) in [6, 6.07) is 20.7. The first-order valence-corrected chi connectivity index (χ1v) is 11.4. The van der Waals surface area contributed by atoms with Crippen molar-refractivity contribution in [3.63, 3.8) is 0 Å². The maximum absolute atomic E-state index is 13.3. The van der Waals surface area contributed by atoms with Crippen molar-refractivity contribution in [2.75, 3.05) is 26.5 Å². The van der Waals surface area contributed by atoms with E-state index in [1.54, 1.807) is 18.9 Å². The van der Waals surface area contributed by atoms with Gasteiger partial charge in [-0.2, -0.15) is 0 Å². The van der Waals surface area contributed by atoms with Gasteiger partial charge >= 0.3 is 6.03 Å². The van der Waals surface area contributed by atoms with Gasteiger partial charge in [-0.05, 0) is 54.1 Å². The van der Waals surface area contributed by atoms with E-state index in [-0.39, 0.29) is 12.1 Å². The summed E-state index contributed by atoms with van der Waals surface area (Å²) in [7, 11) is 1.68. The fourth-order valence-corrected chi connectivity index (χ4v) is 4.40. The fourth-order valence-electron chi connectivity index (χ4n) is 3.99. The highest BCUT2D eigenvalue weighted by Gasteiger charge is 2.32. The highest BCUT2D eigenvalue weighted by molar-refractivity contribution is 7.98. The molecule has 0 bridgehead atoms. The molecule has 1 aliphatic rings. The number of aromatic nitrogens is 1. The van der Waals surface area contributed by atoms with E-state index in [9.17, 15) is 4.79 Å². The zero-order valence-electron chi connectivity index (χ0n) is 17.4. The number of rotatable bonds is 6. The lowest BCUT2D eigenvalue weighted by atomic mass is 10.0. The van der Waals surface area contributed by atoms with Gasteiger partial charge in [0.15, 0.2) is 0 Å². The molecule has 1 N–H and O–H groups in total. The molecule has 6 heteroatoms. The van der Waals surface area contributed by atoms with Crippen molar-refractivity contribution in [2.24, 2.45) is 0 Å². The lowest BCUT2D eigenvalue weighted by molar-refractivity contribution is 0.174. The van der Waals surface area contributed by atoms with Gasteiger partial charge in [0.1, 0.15) is 0 Å². The van der Waals surface area contributed by atoms with E-state index in [1.807, 2.05) is 17.0 Å². The third-order valence-corrected chi connectivity index (χ3v) is 6.20. The number of ether oxygens (including phenoxy) is 1. The van der Waals surface area contributed by atoms with Gasteiger partial charge in [-0.1, -0.05) is 30.3 Å². The number of carbonyl (C=O) groups excluding carboxylic acids is 1. The van der Waals surface area contributed by atoms with E-state index in [2.05, 4.69) is 70.9 Å². The number of carbonyl (C=O) groups is 1. The molecule has 2 aromatic carbocycles. The Balaban J connectivity index is 1.75. The summed E-state index contributed by atoms with van der Waals surface area (Å²) in [5, 5.41) is 3.08. The molecular formula is C24H27N3O2S. The lowest BCUT2D eigenvalue weighted by Gasteiger charge is -2.31. The molecule has 1 aromatic heterocycles. The van der Waals surface area contributed by atoms with Crippen LogP contribution in [0.25, 0.3) is 5.69 Å². The van der Waals surface area contributed by atoms with Crippen LogP contribution in [0.1, 0.15) is 29.3 Å². The highest BCUT2D eigenvalue weighted by atomic mass is 32.2. The number of amides is 2. The summed E-state index contributed by atoms with van der Waals surface area (Å²) >= 11 is 1.72. The van der Waals surface area contributed by atoms with E-state index in [1.165, 1.54) is 4.90 Å². The minimum absolute atomic E-state index is 0.0606. The van der Waals surface area contributed by atoms with E-state index in [4.69, 9.17) is 4.74 Å². The van der Waals surface area contributed by atoms with Crippen LogP contribution >= 0.6 is 11.8 Å². The van der Waals surface area contributed by atoms with Crippen molar-refractivity contribution >= 4 is 17.8 Å². The number of fused-ring (bicyclic) bond motifs is 3. The number of nitrogens with zero attached hydrogens (tertiary/aromatic N) is 2. The maximum Gasteiger partial charge on any atom is 0.318 e. The Morgan fingerprint density at radius 2 is 1.93 bits per heavy atom. The number of para-hydroxylation sites is 1. The summed E-state index contributed by atoms with van der Waals surface area (Å²) in [6.07, 6.45) is 4.94. The molecular weight excluding hydrogens is 394 g/mol. The largest absolute Gasteiger partial charge is 0.385 e. The van der Waals surface area contributed by atoms with Gasteiger partial charge in [-0.15, -0.1) is 11.8 Å². The number of urea groups is 1. The first-order chi connectivity index (χ1) is 14.7. The Kier molecular flexibility index (Phi) is 6.45. The number of methoxy groups -OCH3 is 1. The molecule has 0 fully saturated rings. The molecule has 30 heavy (non-hydrogen) atoms. The van der Waals surface area contributed by atoms with Crippen LogP contribution < -0.4 is 5.32 Å². The van der Waals surface area contributed by atoms with Crippen molar-refractivity contribution in [3.05, 3.63) is 83.7 Å². The maximum atomic E-state index is 13.3. The van der Waals surface area contributed by atoms with Gasteiger partial charge in [0, 0.05) is 37.0 Å². The van der Waals surface area contributed by atoms with E-state index >= 15 is 0 Å². The Labute approximate surface area is 182 Å². The molecule has 156 valence electrons. The predicted molar refractivity (Wildman–Crippen MR) is 121 cm³/mol. The molecule has 1 aliphatic heterocycles. The summed E-state index contributed by atoms with van der Waals surface area (Å²) in [4.78, 5) is 16.5. The van der Waals surface area contributed by atoms with E-state index in [0.29, 0.717) is 19.7 Å². The van der Waals surface area contributed by atoms with Crippen LogP contribution in [0.5, 0.6) is 0 Å². The van der Waals surface area contributed by atoms with Crippen LogP contribution in [0, 0.1) is 0 Å². The molecule has 2 amide bonds. The molecule has 1 atom stereocenters. The lowest BCUT2D eigenvalue weighted by Crippen LogP contribution is -2.42. The van der Waals surface area contributed by atoms with E-state index < -0.39 is 0 Å². The molecule has 0 saturated carbocycles. The van der Waals surface area contributed by atoms with Gasteiger partial charge < -0.3 is 19.5 Å². The predicted octanol–water partition coefficient (Wildman–Crippen LogP) is 4.85. The van der Waals surface area contributed by atoms with Crippen molar-refractivity contribution in [1.82, 2.24) is 14.8 Å². The summed E-state index contributed by atoms with van der Waals surface area (Å²) in [5.74, 6) is 0. The second-order valence-electron chi connectivity index (χ2n) is 7.31. The summed E-state index contributed by atoms with van der Waals surface area (Å²) < 4.78 is 7.32. The number of benzene rings is 2. The number of thioether (sulfide) groups is 1. The Morgan fingerprint density at radius 1 is 1.13 bits per heavy atom. The second kappa shape index (κ2) is 9.41. The minimum Gasteiger partial charge on any atom is -0.385 e. The molecule has 1 unspecified atom stereocenters. The standard InChI is InChI=1S/C24H27N3O2S/c1-29-16-6-14-25-24(28)27-17-19-7-3-4-8-21(19)26-15-5-9-22(26)23(27)18-10-12-20(30-2)13-11-18/h3-5,7-13,15,23H,6,14,16-17H2,1-2H3,(H,25,28). The number of nitrogens with one attached hydrogen (secondary N) is 1. The molecule has 0 aliphatic carbocycles. The van der Waals surface area contributed by atoms with Crippen LogP contribution in [-0.4, -0.2) is 42.0 Å². The van der Waals surface area contributed by atoms with Crippen molar-refractivity contribution in [3.8, 4) is 5.69 Å². The molecule has 0 spiro atoms. The minimum atomic E-state index is -0.175. The van der Waals surface area contributed by atoms with Crippen molar-refractivity contribution in [2.45, 2.75) is 23.9 Å². The average Bonchev–Trinajstić information content (AvgIpc) is 3.21. The molecule has 4 rings (SSSR count). The summed E-state index contributed by atoms with van der Waals surface area (Å²) in [6.45, 7) is 1.76. The van der Waals surface area contributed by atoms with Crippen LogP contribution in [0.4, 0.5) is 4.79 Å². The average molecular weight is 422 g/mol. The quantitative estimate of drug-likeness (QED) is 0.457. The van der Waals surface area contributed by atoms with Gasteiger partial charge in [0.05, 0.1) is 18.3 Å². The Bertz CT molecular complexity index is 1000. The molecule has 3 aromatic rings. The van der Waals surface area contributed by atoms with Crippen molar-refractivity contribution in [1.29, 1.82) is 0 Å². The number of hydrogen-bond donors (Lipinski definition) is 1. The smallest absolute Gasteiger partial charge is 0.318 e. The van der Waals surface area contributed by atoms with Crippen LogP contribution in [-0.2, 0) is 11.3 Å². The zero-order valence-corrected chi connectivity index (χ0v) is 18.2. The molecule has 2 heterocycles. The fraction of sp³-hybridized carbons (Fsp3) is 0.292. The van der Waals surface area contributed by atoms with Crippen LogP contribution in [0.15, 0.2) is 71.8 Å². The molecule has 0 radical (unpaired) electrons. The zero-order chi connectivity index (χ0) is 20.9. The normalized spacial score (nSPS) is 15.3. The van der Waals surface area contributed by atoms with Crippen LogP contribution in [0.2, 0.25) is 0 Å². The SMILES string of the molecule is COCCCNC(=O)N1Cc2ccccc2-n2cccc2C1c1ccc(SC)cc1. The van der Waals surface area contributed by atoms with Gasteiger partial charge in [0.2, 0.25) is 0 Å². The second-order valence-corrected chi connectivity index (χ2v) is 8.19. The molecule has 5 nitrogen and oxygen atoms in total. The van der Waals surface area contributed by atoms with Gasteiger partial charge in [-0.25, -0.2) is 4.79 Å². The van der Waals surface area contributed by atoms with Gasteiger partial charge in [-0.3, -0.25) is 0 Å². The Hall–Kier alpha value is -2.70. The Morgan fingerprint density at radius 3 is 2.70 bits per heavy atom. The molecule has 0 saturated heterocycles. The highest BCUT2D eigenvalue weighted by Crippen LogP contribution is 2.37. The van der Waals surface area contributed by atoms with Gasteiger partial charge in [0.25, 0.3) is 0 Å². The third kappa shape index (κ3) is 4.11.